The number of benzene rings is 1. The highest BCUT2D eigenvalue weighted by Gasteiger charge is 2.09. The maximum absolute atomic E-state index is 10.7. The largest absolute Gasteiger partial charge is 0.477 e. The molecule has 0 aliphatic rings. The molecule has 1 aromatic heterocycles. The molecule has 19 heavy (non-hydrogen) atoms. The lowest BCUT2D eigenvalue weighted by Crippen LogP contribution is -1.96. The van der Waals surface area contributed by atoms with Crippen molar-refractivity contribution in [3.8, 4) is 17.4 Å². The number of halogens is 1. The van der Waals surface area contributed by atoms with Crippen LogP contribution in [0.5, 0.6) is 0 Å². The summed E-state index contributed by atoms with van der Waals surface area (Å²) in [5.74, 6) is -0.437. The molecule has 0 saturated carbocycles. The van der Waals surface area contributed by atoms with E-state index in [0.29, 0.717) is 16.5 Å². The number of carbonyl (C=O) groups is 1. The lowest BCUT2D eigenvalue weighted by molar-refractivity contribution is -0.132. The van der Waals surface area contributed by atoms with Crippen LogP contribution in [0.2, 0.25) is 5.02 Å². The Morgan fingerprint density at radius 3 is 2.79 bits per heavy atom. The Morgan fingerprint density at radius 2 is 2.16 bits per heavy atom. The molecule has 2 rings (SSSR count). The molecule has 94 valence electrons. The highest BCUT2D eigenvalue weighted by molar-refractivity contribution is 6.30. The van der Waals surface area contributed by atoms with E-state index in [1.807, 2.05) is 6.07 Å². The fourth-order valence-electron chi connectivity index (χ4n) is 1.51. The molecule has 1 heterocycles. The van der Waals surface area contributed by atoms with Crippen LogP contribution in [-0.2, 0) is 4.79 Å². The van der Waals surface area contributed by atoms with Crippen molar-refractivity contribution in [3.63, 3.8) is 0 Å². The van der Waals surface area contributed by atoms with Crippen LogP contribution in [0.3, 0.4) is 0 Å². The molecule has 0 bridgehead atoms. The van der Waals surface area contributed by atoms with Gasteiger partial charge in [0.05, 0.1) is 0 Å². The summed E-state index contributed by atoms with van der Waals surface area (Å²) >= 11 is 5.88. The van der Waals surface area contributed by atoms with Gasteiger partial charge in [0, 0.05) is 16.7 Å². The van der Waals surface area contributed by atoms with Crippen molar-refractivity contribution >= 4 is 23.6 Å². The molecule has 1 aromatic carbocycles. The van der Waals surface area contributed by atoms with Gasteiger partial charge >= 0.3 is 5.97 Å². The highest BCUT2D eigenvalue weighted by atomic mass is 35.5. The molecule has 0 aliphatic carbocycles. The maximum Gasteiger partial charge on any atom is 0.346 e. The van der Waals surface area contributed by atoms with Crippen molar-refractivity contribution in [3.05, 3.63) is 52.8 Å². The monoisotopic (exact) mass is 273 g/mol. The summed E-state index contributed by atoms with van der Waals surface area (Å²) in [7, 11) is 0. The van der Waals surface area contributed by atoms with Crippen LogP contribution in [0.25, 0.3) is 17.4 Å². The number of hydrogen-bond donors (Lipinski definition) is 1. The van der Waals surface area contributed by atoms with E-state index in [9.17, 15) is 4.79 Å². The standard InChI is InChI=1S/C14H8ClNO3/c15-11-3-1-2-9(6-11)13-5-4-12(19-13)7-10(8-16)14(17)18/h1-7H,(H,17,18)/b10-7+. The molecule has 0 radical (unpaired) electrons. The van der Waals surface area contributed by atoms with E-state index >= 15 is 0 Å². The fourth-order valence-corrected chi connectivity index (χ4v) is 1.70. The third-order valence-electron chi connectivity index (χ3n) is 2.37. The van der Waals surface area contributed by atoms with Crippen LogP contribution in [-0.4, -0.2) is 11.1 Å². The van der Waals surface area contributed by atoms with Crippen LogP contribution in [0, 0.1) is 11.3 Å². The molecule has 0 saturated heterocycles. The lowest BCUT2D eigenvalue weighted by Gasteiger charge is -1.97. The summed E-state index contributed by atoms with van der Waals surface area (Å²) in [6.07, 6.45) is 1.18. The summed E-state index contributed by atoms with van der Waals surface area (Å²) in [6, 6.07) is 12.0. The minimum atomic E-state index is -1.29. The molecule has 0 aliphatic heterocycles. The van der Waals surface area contributed by atoms with Crippen molar-refractivity contribution in [2.45, 2.75) is 0 Å². The number of furan rings is 1. The normalized spacial score (nSPS) is 11.1. The zero-order valence-corrected chi connectivity index (χ0v) is 10.4. The van der Waals surface area contributed by atoms with Crippen LogP contribution in [0.1, 0.15) is 5.76 Å². The first-order valence-electron chi connectivity index (χ1n) is 5.31. The average Bonchev–Trinajstić information content (AvgIpc) is 2.84. The van der Waals surface area contributed by atoms with Crippen LogP contribution in [0.4, 0.5) is 0 Å². The van der Waals surface area contributed by atoms with Crippen LogP contribution in [0.15, 0.2) is 46.4 Å². The number of carboxylic acid groups (broad SMARTS) is 1. The van der Waals surface area contributed by atoms with Crippen LogP contribution < -0.4 is 0 Å². The van der Waals surface area contributed by atoms with Crippen LogP contribution >= 0.6 is 11.6 Å². The van der Waals surface area contributed by atoms with E-state index in [-0.39, 0.29) is 5.57 Å². The Balaban J connectivity index is 2.35. The third-order valence-corrected chi connectivity index (χ3v) is 2.61. The van der Waals surface area contributed by atoms with E-state index in [2.05, 4.69) is 0 Å². The minimum Gasteiger partial charge on any atom is -0.477 e. The van der Waals surface area contributed by atoms with E-state index in [1.54, 1.807) is 36.4 Å². The average molecular weight is 274 g/mol. The number of hydrogen-bond acceptors (Lipinski definition) is 3. The molecular weight excluding hydrogens is 266 g/mol. The lowest BCUT2D eigenvalue weighted by atomic mass is 10.2. The van der Waals surface area contributed by atoms with Gasteiger partial charge in [0.15, 0.2) is 0 Å². The van der Waals surface area contributed by atoms with Gasteiger partial charge in [0.1, 0.15) is 23.2 Å². The molecule has 5 heteroatoms. The summed E-state index contributed by atoms with van der Waals surface area (Å²) in [4.78, 5) is 10.7. The second-order valence-electron chi connectivity index (χ2n) is 3.69. The first kappa shape index (κ1) is 12.9. The second kappa shape index (κ2) is 5.42. The Labute approximate surface area is 114 Å². The van der Waals surface area contributed by atoms with Gasteiger partial charge in [-0.3, -0.25) is 0 Å². The molecule has 0 amide bonds. The number of aliphatic carboxylic acids is 1. The van der Waals surface area contributed by atoms with E-state index < -0.39 is 5.97 Å². The zero-order chi connectivity index (χ0) is 13.8. The Kier molecular flexibility index (Phi) is 3.69. The number of carboxylic acids is 1. The Morgan fingerprint density at radius 1 is 1.37 bits per heavy atom. The summed E-state index contributed by atoms with van der Waals surface area (Å²) < 4.78 is 5.46. The molecule has 4 nitrogen and oxygen atoms in total. The number of nitriles is 1. The van der Waals surface area contributed by atoms with Gasteiger partial charge < -0.3 is 9.52 Å². The topological polar surface area (TPSA) is 74.2 Å². The molecule has 0 spiro atoms. The maximum atomic E-state index is 10.7. The zero-order valence-electron chi connectivity index (χ0n) is 9.63. The van der Waals surface area contributed by atoms with Crippen molar-refractivity contribution in [2.75, 3.05) is 0 Å². The molecular formula is C14H8ClNO3. The summed E-state index contributed by atoms with van der Waals surface area (Å²) in [6.45, 7) is 0. The first-order valence-corrected chi connectivity index (χ1v) is 5.69. The second-order valence-corrected chi connectivity index (χ2v) is 4.12. The van der Waals surface area contributed by atoms with Gasteiger partial charge in [0.25, 0.3) is 0 Å². The van der Waals surface area contributed by atoms with E-state index in [4.69, 9.17) is 26.4 Å². The van der Waals surface area contributed by atoms with E-state index in [0.717, 1.165) is 5.56 Å². The fraction of sp³-hybridized carbons (Fsp3) is 0. The number of rotatable bonds is 3. The van der Waals surface area contributed by atoms with Gasteiger partial charge in [-0.15, -0.1) is 0 Å². The van der Waals surface area contributed by atoms with Gasteiger partial charge in [-0.25, -0.2) is 4.79 Å². The highest BCUT2D eigenvalue weighted by Crippen LogP contribution is 2.25. The Bertz CT molecular complexity index is 695. The predicted octanol–water partition coefficient (Wildman–Crippen LogP) is 3.59. The third kappa shape index (κ3) is 3.03. The Hall–Kier alpha value is -2.51. The smallest absolute Gasteiger partial charge is 0.346 e. The summed E-state index contributed by atoms with van der Waals surface area (Å²) in [5.41, 5.74) is 0.396. The van der Waals surface area contributed by atoms with Crippen molar-refractivity contribution in [1.82, 2.24) is 0 Å². The first-order chi connectivity index (χ1) is 9.10. The predicted molar refractivity (Wildman–Crippen MR) is 70.4 cm³/mol. The summed E-state index contributed by atoms with van der Waals surface area (Å²) in [5, 5.41) is 18.0. The minimum absolute atomic E-state index is 0.300. The molecule has 2 aromatic rings. The molecule has 0 unspecified atom stereocenters. The van der Waals surface area contributed by atoms with Gasteiger partial charge in [0.2, 0.25) is 0 Å². The van der Waals surface area contributed by atoms with Gasteiger partial charge in [-0.1, -0.05) is 23.7 Å². The van der Waals surface area contributed by atoms with E-state index in [1.165, 1.54) is 6.08 Å². The number of nitrogens with zero attached hydrogens (tertiary/aromatic N) is 1. The SMILES string of the molecule is N#C/C(=C\c1ccc(-c2cccc(Cl)c2)o1)C(=O)O. The molecule has 0 atom stereocenters. The van der Waals surface area contributed by atoms with Crippen molar-refractivity contribution < 1.29 is 14.3 Å². The van der Waals surface area contributed by atoms with Crippen molar-refractivity contribution in [1.29, 1.82) is 5.26 Å². The molecule has 1 N–H and O–H groups in total. The van der Waals surface area contributed by atoms with Gasteiger partial charge in [-0.2, -0.15) is 5.26 Å². The van der Waals surface area contributed by atoms with Crippen molar-refractivity contribution in [2.24, 2.45) is 0 Å². The molecule has 0 fully saturated rings. The van der Waals surface area contributed by atoms with Gasteiger partial charge in [-0.05, 0) is 24.3 Å². The quantitative estimate of drug-likeness (QED) is 0.685.